The summed E-state index contributed by atoms with van der Waals surface area (Å²) >= 11 is 3.23. The van der Waals surface area contributed by atoms with Crippen LogP contribution in [0.15, 0.2) is 12.4 Å². The van der Waals surface area contributed by atoms with Gasteiger partial charge < -0.3 is 10.2 Å². The van der Waals surface area contributed by atoms with Crippen LogP contribution >= 0.6 is 23.5 Å². The van der Waals surface area contributed by atoms with E-state index in [9.17, 15) is 4.79 Å². The predicted octanol–water partition coefficient (Wildman–Crippen LogP) is 3.82. The van der Waals surface area contributed by atoms with Gasteiger partial charge >= 0.3 is 6.03 Å². The van der Waals surface area contributed by atoms with E-state index in [4.69, 9.17) is 0 Å². The Hall–Kier alpha value is -1.71. The summed E-state index contributed by atoms with van der Waals surface area (Å²) in [6, 6.07) is 0.176. The van der Waals surface area contributed by atoms with Crippen molar-refractivity contribution in [3.8, 4) is 0 Å². The summed E-state index contributed by atoms with van der Waals surface area (Å²) in [6.45, 7) is 4.25. The minimum atomic E-state index is -0.157. The average Bonchev–Trinajstić information content (AvgIpc) is 3.40. The summed E-state index contributed by atoms with van der Waals surface area (Å²) in [5, 5.41) is 7.47. The van der Waals surface area contributed by atoms with Crippen LogP contribution in [0.1, 0.15) is 41.5 Å². The number of anilines is 2. The van der Waals surface area contributed by atoms with Crippen LogP contribution in [0.4, 0.5) is 16.2 Å². The van der Waals surface area contributed by atoms with E-state index in [1.807, 2.05) is 30.8 Å². The van der Waals surface area contributed by atoms with Crippen LogP contribution in [0.5, 0.6) is 0 Å². The SMILES string of the molecule is CCc1sc2c(c1NC(=O)NSN(c1cnn(C)c1)C1CCCN(C)C1)CCC2. The van der Waals surface area contributed by atoms with Gasteiger partial charge in [-0.15, -0.1) is 11.3 Å². The number of hydrogen-bond donors (Lipinski definition) is 2. The molecule has 29 heavy (non-hydrogen) atoms. The predicted molar refractivity (Wildman–Crippen MR) is 122 cm³/mol. The van der Waals surface area contributed by atoms with Crippen LogP contribution in [0.2, 0.25) is 0 Å². The molecule has 1 aliphatic carbocycles. The van der Waals surface area contributed by atoms with Gasteiger partial charge in [0.1, 0.15) is 0 Å². The lowest BCUT2D eigenvalue weighted by Gasteiger charge is -2.37. The molecule has 7 nitrogen and oxygen atoms in total. The molecule has 2 amide bonds. The van der Waals surface area contributed by atoms with Crippen molar-refractivity contribution in [1.82, 2.24) is 19.4 Å². The smallest absolute Gasteiger partial charge is 0.306 e. The number of likely N-dealkylation sites (tertiary alicyclic amines) is 1. The molecule has 1 fully saturated rings. The molecule has 3 heterocycles. The van der Waals surface area contributed by atoms with Crippen LogP contribution < -0.4 is 14.3 Å². The third-order valence-corrected chi connectivity index (χ3v) is 8.09. The zero-order valence-electron chi connectivity index (χ0n) is 17.4. The van der Waals surface area contributed by atoms with Gasteiger partial charge in [-0.05, 0) is 57.7 Å². The normalized spacial score (nSPS) is 19.2. The second kappa shape index (κ2) is 8.97. The lowest BCUT2D eigenvalue weighted by molar-refractivity contribution is 0.253. The second-order valence-electron chi connectivity index (χ2n) is 7.91. The Balaban J connectivity index is 1.44. The van der Waals surface area contributed by atoms with Crippen molar-refractivity contribution in [1.29, 1.82) is 0 Å². The Morgan fingerprint density at radius 3 is 2.97 bits per heavy atom. The molecule has 1 aliphatic heterocycles. The summed E-state index contributed by atoms with van der Waals surface area (Å²) < 4.78 is 7.02. The van der Waals surface area contributed by atoms with E-state index in [2.05, 4.69) is 38.3 Å². The van der Waals surface area contributed by atoms with E-state index in [-0.39, 0.29) is 6.03 Å². The quantitative estimate of drug-likeness (QED) is 0.677. The summed E-state index contributed by atoms with van der Waals surface area (Å²) in [4.78, 5) is 17.9. The molecular formula is C20H30N6OS2. The summed E-state index contributed by atoms with van der Waals surface area (Å²) in [6.07, 6.45) is 10.5. The molecule has 4 rings (SSSR count). The van der Waals surface area contributed by atoms with Crippen LogP contribution in [-0.4, -0.2) is 46.9 Å². The molecule has 2 N–H and O–H groups in total. The highest BCUT2D eigenvalue weighted by molar-refractivity contribution is 7.99. The van der Waals surface area contributed by atoms with E-state index in [1.165, 1.54) is 33.9 Å². The van der Waals surface area contributed by atoms with Gasteiger partial charge in [-0.1, -0.05) is 6.92 Å². The molecule has 0 spiro atoms. The van der Waals surface area contributed by atoms with E-state index < -0.39 is 0 Å². The number of fused-ring (bicyclic) bond motifs is 1. The largest absolute Gasteiger partial charge is 0.330 e. The molecule has 1 atom stereocenters. The van der Waals surface area contributed by atoms with Gasteiger partial charge in [0.05, 0.1) is 35.7 Å². The van der Waals surface area contributed by atoms with Gasteiger partial charge in [0.15, 0.2) is 0 Å². The van der Waals surface area contributed by atoms with E-state index in [0.29, 0.717) is 6.04 Å². The minimum absolute atomic E-state index is 0.157. The first-order valence-electron chi connectivity index (χ1n) is 10.4. The number of aromatic nitrogens is 2. The van der Waals surface area contributed by atoms with Gasteiger partial charge in [-0.25, -0.2) is 4.79 Å². The highest BCUT2D eigenvalue weighted by atomic mass is 32.2. The number of nitrogens with zero attached hydrogens (tertiary/aromatic N) is 4. The monoisotopic (exact) mass is 434 g/mol. The van der Waals surface area contributed by atoms with Crippen LogP contribution in [0.25, 0.3) is 0 Å². The van der Waals surface area contributed by atoms with Crippen molar-refractivity contribution in [3.63, 3.8) is 0 Å². The maximum atomic E-state index is 12.8. The maximum absolute atomic E-state index is 12.8. The number of amides is 2. The standard InChI is InChI=1S/C20H30N6OS2/c1-4-17-19(16-8-5-9-18(16)28-17)22-20(27)23-29-26(15-11-21-25(3)13-15)14-7-6-10-24(2)12-14/h11,13-14H,4-10,12H2,1-3H3,(H2,22,23,27). The topological polar surface area (TPSA) is 65.4 Å². The Labute approximate surface area is 181 Å². The first-order chi connectivity index (χ1) is 14.0. The number of carbonyl (C=O) groups excluding carboxylic acids is 1. The zero-order valence-corrected chi connectivity index (χ0v) is 19.0. The van der Waals surface area contributed by atoms with E-state index >= 15 is 0 Å². The van der Waals surface area contributed by atoms with Crippen molar-refractivity contribution in [2.75, 3.05) is 29.8 Å². The fourth-order valence-corrected chi connectivity index (χ4v) is 6.32. The Morgan fingerprint density at radius 2 is 2.24 bits per heavy atom. The fraction of sp³-hybridized carbons (Fsp3) is 0.600. The maximum Gasteiger partial charge on any atom is 0.330 e. The van der Waals surface area contributed by atoms with Crippen molar-refractivity contribution in [2.24, 2.45) is 7.05 Å². The molecule has 158 valence electrons. The highest BCUT2D eigenvalue weighted by Crippen LogP contribution is 2.39. The number of nitrogens with one attached hydrogen (secondary N) is 2. The number of piperidine rings is 1. The number of hydrogen-bond acceptors (Lipinski definition) is 6. The number of aryl methyl sites for hydroxylation is 3. The first kappa shape index (κ1) is 20.6. The molecule has 2 aromatic heterocycles. The van der Waals surface area contributed by atoms with Crippen LogP contribution in [0.3, 0.4) is 0 Å². The van der Waals surface area contributed by atoms with E-state index in [0.717, 1.165) is 56.6 Å². The van der Waals surface area contributed by atoms with Crippen molar-refractivity contribution in [2.45, 2.75) is 51.5 Å². The molecule has 1 unspecified atom stereocenters. The van der Waals surface area contributed by atoms with Crippen molar-refractivity contribution < 1.29 is 4.79 Å². The molecular weight excluding hydrogens is 404 g/mol. The van der Waals surface area contributed by atoms with Gasteiger partial charge in [-0.3, -0.25) is 13.7 Å². The van der Waals surface area contributed by atoms with Gasteiger partial charge in [0.25, 0.3) is 0 Å². The molecule has 0 bridgehead atoms. The van der Waals surface area contributed by atoms with Crippen molar-refractivity contribution in [3.05, 3.63) is 27.7 Å². The van der Waals surface area contributed by atoms with Crippen LogP contribution in [-0.2, 0) is 26.3 Å². The number of carbonyl (C=O) groups is 1. The Morgan fingerprint density at radius 1 is 1.38 bits per heavy atom. The number of urea groups is 1. The minimum Gasteiger partial charge on any atom is -0.306 e. The Bertz CT molecular complexity index is 863. The number of rotatable bonds is 6. The molecule has 1 saturated heterocycles. The van der Waals surface area contributed by atoms with E-state index in [1.54, 1.807) is 4.68 Å². The lowest BCUT2D eigenvalue weighted by Crippen LogP contribution is -2.45. The number of thiophene rings is 1. The van der Waals surface area contributed by atoms with Crippen molar-refractivity contribution >= 4 is 40.9 Å². The molecule has 0 aromatic carbocycles. The Kier molecular flexibility index (Phi) is 6.36. The third kappa shape index (κ3) is 4.57. The third-order valence-electron chi connectivity index (χ3n) is 5.67. The molecule has 2 aromatic rings. The molecule has 2 aliphatic rings. The summed E-state index contributed by atoms with van der Waals surface area (Å²) in [5.41, 5.74) is 3.42. The zero-order chi connectivity index (χ0) is 20.4. The second-order valence-corrected chi connectivity index (χ2v) is 9.88. The molecule has 0 saturated carbocycles. The summed E-state index contributed by atoms with van der Waals surface area (Å²) in [5.74, 6) is 0. The summed E-state index contributed by atoms with van der Waals surface area (Å²) in [7, 11) is 4.07. The van der Waals surface area contributed by atoms with Gasteiger partial charge in [0.2, 0.25) is 0 Å². The lowest BCUT2D eigenvalue weighted by atomic mass is 10.1. The van der Waals surface area contributed by atoms with Gasteiger partial charge in [-0.2, -0.15) is 5.10 Å². The average molecular weight is 435 g/mol. The van der Waals surface area contributed by atoms with Crippen LogP contribution in [0, 0.1) is 0 Å². The number of likely N-dealkylation sites (N-methyl/N-ethyl adjacent to an activating group) is 1. The first-order valence-corrected chi connectivity index (χ1v) is 12.0. The van der Waals surface area contributed by atoms with Gasteiger partial charge in [0, 0.05) is 29.5 Å². The molecule has 9 heteroatoms. The molecule has 0 radical (unpaired) electrons. The fourth-order valence-electron chi connectivity index (χ4n) is 4.28. The highest BCUT2D eigenvalue weighted by Gasteiger charge is 2.27.